The van der Waals surface area contributed by atoms with E-state index in [0.717, 1.165) is 11.3 Å². The lowest BCUT2D eigenvalue weighted by Crippen LogP contribution is -2.44. The molecular formula is C20H24ClN3O3. The molecule has 0 aromatic heterocycles. The first-order chi connectivity index (χ1) is 12.6. The van der Waals surface area contributed by atoms with Crippen LogP contribution in [0.4, 0.5) is 5.69 Å². The van der Waals surface area contributed by atoms with E-state index in [2.05, 4.69) is 5.32 Å². The number of nitrogens with one attached hydrogen (secondary N) is 1. The van der Waals surface area contributed by atoms with Crippen molar-refractivity contribution in [1.29, 1.82) is 0 Å². The van der Waals surface area contributed by atoms with Crippen molar-refractivity contribution in [1.82, 2.24) is 5.32 Å². The van der Waals surface area contributed by atoms with Gasteiger partial charge in [0.1, 0.15) is 5.75 Å². The summed E-state index contributed by atoms with van der Waals surface area (Å²) in [4.78, 5) is 25.9. The summed E-state index contributed by atoms with van der Waals surface area (Å²) in [5.41, 5.74) is 7.77. The highest BCUT2D eigenvalue weighted by Gasteiger charge is 2.24. The van der Waals surface area contributed by atoms with Gasteiger partial charge in [0.15, 0.2) is 6.61 Å². The summed E-state index contributed by atoms with van der Waals surface area (Å²) in [5, 5.41) is 2.85. The molecule has 3 rings (SSSR count). The van der Waals surface area contributed by atoms with Gasteiger partial charge in [-0.25, -0.2) is 0 Å². The van der Waals surface area contributed by atoms with Crippen molar-refractivity contribution >= 4 is 29.9 Å². The van der Waals surface area contributed by atoms with Gasteiger partial charge in [-0.1, -0.05) is 42.5 Å². The SMILES string of the molecule is Cl.N[C@@H](Cc1ccccc1)C(=O)NCCCN1C(=O)COc2ccccc21. The van der Waals surface area contributed by atoms with Gasteiger partial charge in [-0.3, -0.25) is 9.59 Å². The van der Waals surface area contributed by atoms with Gasteiger partial charge < -0.3 is 20.7 Å². The second-order valence-electron chi connectivity index (χ2n) is 6.24. The highest BCUT2D eigenvalue weighted by molar-refractivity contribution is 5.97. The maximum absolute atomic E-state index is 12.1. The van der Waals surface area contributed by atoms with E-state index in [-0.39, 0.29) is 30.8 Å². The van der Waals surface area contributed by atoms with Crippen LogP contribution in [0.25, 0.3) is 0 Å². The largest absolute Gasteiger partial charge is 0.482 e. The molecule has 2 amide bonds. The topological polar surface area (TPSA) is 84.7 Å². The van der Waals surface area contributed by atoms with E-state index in [9.17, 15) is 9.59 Å². The molecule has 1 aliphatic rings. The van der Waals surface area contributed by atoms with Gasteiger partial charge in [0.25, 0.3) is 5.91 Å². The van der Waals surface area contributed by atoms with Crippen molar-refractivity contribution in [2.45, 2.75) is 18.9 Å². The maximum atomic E-state index is 12.1. The zero-order chi connectivity index (χ0) is 18.4. The average molecular weight is 390 g/mol. The molecule has 0 radical (unpaired) electrons. The third-order valence-corrected chi connectivity index (χ3v) is 4.30. The third-order valence-electron chi connectivity index (χ3n) is 4.30. The molecule has 2 aromatic rings. The molecule has 0 aliphatic carbocycles. The Labute approximate surface area is 165 Å². The first-order valence-electron chi connectivity index (χ1n) is 8.74. The molecule has 0 fully saturated rings. The molecule has 1 aliphatic heterocycles. The number of ether oxygens (including phenoxy) is 1. The summed E-state index contributed by atoms with van der Waals surface area (Å²) >= 11 is 0. The molecule has 144 valence electrons. The van der Waals surface area contributed by atoms with Crippen LogP contribution in [0.1, 0.15) is 12.0 Å². The number of anilines is 1. The summed E-state index contributed by atoms with van der Waals surface area (Å²) < 4.78 is 5.42. The number of para-hydroxylation sites is 2. The number of carbonyl (C=O) groups is 2. The van der Waals surface area contributed by atoms with Crippen molar-refractivity contribution in [3.63, 3.8) is 0 Å². The number of nitrogens with zero attached hydrogens (tertiary/aromatic N) is 1. The summed E-state index contributed by atoms with van der Waals surface area (Å²) in [6, 6.07) is 16.6. The van der Waals surface area contributed by atoms with Crippen LogP contribution >= 0.6 is 12.4 Å². The van der Waals surface area contributed by atoms with E-state index in [1.54, 1.807) is 4.90 Å². The molecular weight excluding hydrogens is 366 g/mol. The zero-order valence-electron chi connectivity index (χ0n) is 15.0. The van der Waals surface area contributed by atoms with Gasteiger partial charge in [-0.05, 0) is 30.5 Å². The molecule has 27 heavy (non-hydrogen) atoms. The van der Waals surface area contributed by atoms with Crippen molar-refractivity contribution in [2.24, 2.45) is 5.73 Å². The fourth-order valence-electron chi connectivity index (χ4n) is 2.94. The number of hydrogen-bond donors (Lipinski definition) is 2. The van der Waals surface area contributed by atoms with E-state index >= 15 is 0 Å². The number of nitrogens with two attached hydrogens (primary N) is 1. The molecule has 0 saturated carbocycles. The summed E-state index contributed by atoms with van der Waals surface area (Å²) in [7, 11) is 0. The Morgan fingerprint density at radius 1 is 1.15 bits per heavy atom. The quantitative estimate of drug-likeness (QED) is 0.708. The van der Waals surface area contributed by atoms with Crippen LogP contribution in [0.3, 0.4) is 0 Å². The van der Waals surface area contributed by atoms with E-state index in [4.69, 9.17) is 10.5 Å². The zero-order valence-corrected chi connectivity index (χ0v) is 15.8. The maximum Gasteiger partial charge on any atom is 0.265 e. The van der Waals surface area contributed by atoms with Gasteiger partial charge in [-0.2, -0.15) is 0 Å². The van der Waals surface area contributed by atoms with Gasteiger partial charge in [0.2, 0.25) is 5.91 Å². The van der Waals surface area contributed by atoms with Gasteiger partial charge in [0.05, 0.1) is 11.7 Å². The Morgan fingerprint density at radius 2 is 1.85 bits per heavy atom. The van der Waals surface area contributed by atoms with Crippen LogP contribution in [0.5, 0.6) is 5.75 Å². The van der Waals surface area contributed by atoms with Crippen molar-refractivity contribution in [3.8, 4) is 5.75 Å². The van der Waals surface area contributed by atoms with Crippen LogP contribution < -0.4 is 20.7 Å². The lowest BCUT2D eigenvalue weighted by Gasteiger charge is -2.29. The minimum Gasteiger partial charge on any atom is -0.482 e. The number of halogens is 1. The van der Waals surface area contributed by atoms with Crippen LogP contribution in [0.15, 0.2) is 54.6 Å². The Morgan fingerprint density at radius 3 is 2.63 bits per heavy atom. The second-order valence-corrected chi connectivity index (χ2v) is 6.24. The van der Waals surface area contributed by atoms with Gasteiger partial charge >= 0.3 is 0 Å². The molecule has 0 saturated heterocycles. The average Bonchev–Trinajstić information content (AvgIpc) is 2.67. The summed E-state index contributed by atoms with van der Waals surface area (Å²) in [5.74, 6) is 0.458. The van der Waals surface area contributed by atoms with Crippen molar-refractivity contribution in [2.75, 3.05) is 24.6 Å². The van der Waals surface area contributed by atoms with E-state index in [1.807, 2.05) is 54.6 Å². The number of benzene rings is 2. The monoisotopic (exact) mass is 389 g/mol. The number of fused-ring (bicyclic) bond motifs is 1. The molecule has 0 bridgehead atoms. The molecule has 0 spiro atoms. The minimum atomic E-state index is -0.580. The van der Waals surface area contributed by atoms with E-state index in [0.29, 0.717) is 31.7 Å². The molecule has 2 aromatic carbocycles. The predicted molar refractivity (Wildman–Crippen MR) is 107 cm³/mol. The summed E-state index contributed by atoms with van der Waals surface area (Å²) in [6.45, 7) is 1.03. The second kappa shape index (κ2) is 9.94. The van der Waals surface area contributed by atoms with Crippen LogP contribution in [0.2, 0.25) is 0 Å². The first-order valence-corrected chi connectivity index (χ1v) is 8.74. The Hall–Kier alpha value is -2.57. The van der Waals surface area contributed by atoms with Crippen molar-refractivity contribution < 1.29 is 14.3 Å². The normalized spacial score (nSPS) is 13.8. The molecule has 0 unspecified atom stereocenters. The Kier molecular flexibility index (Phi) is 7.64. The predicted octanol–water partition coefficient (Wildman–Crippen LogP) is 1.91. The van der Waals surface area contributed by atoms with Gasteiger partial charge in [-0.15, -0.1) is 12.4 Å². The fourth-order valence-corrected chi connectivity index (χ4v) is 2.94. The van der Waals surface area contributed by atoms with Crippen LogP contribution in [0, 0.1) is 0 Å². The molecule has 1 atom stereocenters. The van der Waals surface area contributed by atoms with E-state index in [1.165, 1.54) is 0 Å². The van der Waals surface area contributed by atoms with Crippen LogP contribution in [-0.2, 0) is 16.0 Å². The Balaban J connectivity index is 0.00000261. The molecule has 6 nitrogen and oxygen atoms in total. The lowest BCUT2D eigenvalue weighted by molar-refractivity contribution is -0.122. The summed E-state index contributed by atoms with van der Waals surface area (Å²) in [6.07, 6.45) is 1.14. The van der Waals surface area contributed by atoms with E-state index < -0.39 is 6.04 Å². The highest BCUT2D eigenvalue weighted by Crippen LogP contribution is 2.31. The molecule has 1 heterocycles. The standard InChI is InChI=1S/C20H23N3O3.ClH/c21-16(13-15-7-2-1-3-8-15)20(25)22-11-6-12-23-17-9-4-5-10-18(17)26-14-19(23)24;/h1-5,7-10,16H,6,11-14,21H2,(H,22,25);1H/t16-;/m0./s1. The van der Waals surface area contributed by atoms with Crippen LogP contribution in [-0.4, -0.2) is 37.6 Å². The molecule has 3 N–H and O–H groups in total. The number of carbonyl (C=O) groups excluding carboxylic acids is 2. The third kappa shape index (κ3) is 5.45. The minimum absolute atomic E-state index is 0. The van der Waals surface area contributed by atoms with Crippen molar-refractivity contribution in [3.05, 3.63) is 60.2 Å². The number of hydrogen-bond acceptors (Lipinski definition) is 4. The Bertz CT molecular complexity index is 770. The molecule has 7 heteroatoms. The fraction of sp³-hybridized carbons (Fsp3) is 0.300. The smallest absolute Gasteiger partial charge is 0.265 e. The highest BCUT2D eigenvalue weighted by atomic mass is 35.5. The number of amides is 2. The number of rotatable bonds is 7. The van der Waals surface area contributed by atoms with Gasteiger partial charge in [0, 0.05) is 13.1 Å². The first kappa shape index (κ1) is 20.7. The lowest BCUT2D eigenvalue weighted by atomic mass is 10.1.